The van der Waals surface area contributed by atoms with Crippen molar-refractivity contribution in [2.75, 3.05) is 27.2 Å². The molecule has 0 spiro atoms. The van der Waals surface area contributed by atoms with Crippen LogP contribution in [0, 0.1) is 5.92 Å². The second kappa shape index (κ2) is 6.37. The van der Waals surface area contributed by atoms with E-state index in [4.69, 9.17) is 10.5 Å². The number of benzene rings is 1. The van der Waals surface area contributed by atoms with E-state index >= 15 is 0 Å². The summed E-state index contributed by atoms with van der Waals surface area (Å²) < 4.78 is 5.63. The average Bonchev–Trinajstić information content (AvgIpc) is 3.16. The Labute approximate surface area is 128 Å². The van der Waals surface area contributed by atoms with Crippen molar-refractivity contribution in [1.29, 1.82) is 0 Å². The molecular formula is C18H28N2O. The maximum Gasteiger partial charge on any atom is 0.123 e. The average molecular weight is 288 g/mol. The van der Waals surface area contributed by atoms with Gasteiger partial charge in [0.1, 0.15) is 5.75 Å². The molecule has 2 aliphatic rings. The molecule has 3 rings (SSSR count). The molecule has 21 heavy (non-hydrogen) atoms. The van der Waals surface area contributed by atoms with Gasteiger partial charge in [-0.05, 0) is 56.3 Å². The summed E-state index contributed by atoms with van der Waals surface area (Å²) in [6, 6.07) is 7.31. The molecule has 0 amide bonds. The van der Waals surface area contributed by atoms with E-state index in [9.17, 15) is 0 Å². The number of likely N-dealkylation sites (tertiary alicyclic amines) is 1. The summed E-state index contributed by atoms with van der Waals surface area (Å²) >= 11 is 0. The van der Waals surface area contributed by atoms with Crippen LogP contribution in [0.25, 0.3) is 0 Å². The number of hydrogen-bond donors (Lipinski definition) is 1. The van der Waals surface area contributed by atoms with Gasteiger partial charge in [0.05, 0.1) is 7.11 Å². The second-order valence-electron chi connectivity index (χ2n) is 6.78. The Hall–Kier alpha value is -1.06. The predicted octanol–water partition coefficient (Wildman–Crippen LogP) is 3.30. The minimum Gasteiger partial charge on any atom is -0.496 e. The molecule has 2 fully saturated rings. The molecule has 1 aromatic rings. The third kappa shape index (κ3) is 2.95. The van der Waals surface area contributed by atoms with Gasteiger partial charge in [-0.3, -0.25) is 4.90 Å². The smallest absolute Gasteiger partial charge is 0.123 e. The van der Waals surface area contributed by atoms with E-state index in [1.807, 2.05) is 0 Å². The monoisotopic (exact) mass is 288 g/mol. The van der Waals surface area contributed by atoms with Gasteiger partial charge in [0.15, 0.2) is 0 Å². The molecule has 3 heteroatoms. The largest absolute Gasteiger partial charge is 0.496 e. The van der Waals surface area contributed by atoms with Crippen molar-refractivity contribution in [2.24, 2.45) is 11.7 Å². The molecule has 2 N–H and O–H groups in total. The molecule has 0 aromatic heterocycles. The zero-order valence-corrected chi connectivity index (χ0v) is 13.3. The lowest BCUT2D eigenvalue weighted by Crippen LogP contribution is -2.21. The first kappa shape index (κ1) is 14.9. The van der Waals surface area contributed by atoms with Crippen LogP contribution in [0.15, 0.2) is 18.2 Å². The number of methoxy groups -OCH3 is 1. The van der Waals surface area contributed by atoms with Gasteiger partial charge < -0.3 is 10.5 Å². The van der Waals surface area contributed by atoms with Gasteiger partial charge in [0, 0.05) is 18.2 Å². The minimum absolute atomic E-state index is 0.454. The number of nitrogens with two attached hydrogens (primary N) is 1. The van der Waals surface area contributed by atoms with Crippen molar-refractivity contribution < 1.29 is 4.74 Å². The first-order valence-electron chi connectivity index (χ1n) is 8.31. The third-order valence-electron chi connectivity index (χ3n) is 5.41. The fraction of sp³-hybridized carbons (Fsp3) is 0.667. The van der Waals surface area contributed by atoms with E-state index in [0.29, 0.717) is 12.0 Å². The van der Waals surface area contributed by atoms with Gasteiger partial charge in [0.25, 0.3) is 0 Å². The molecule has 1 aromatic carbocycles. The van der Waals surface area contributed by atoms with E-state index in [1.54, 1.807) is 7.11 Å². The zero-order chi connectivity index (χ0) is 14.8. The van der Waals surface area contributed by atoms with E-state index in [0.717, 1.165) is 31.2 Å². The lowest BCUT2D eigenvalue weighted by molar-refractivity contribution is 0.302. The van der Waals surface area contributed by atoms with Crippen LogP contribution in [0.1, 0.15) is 55.2 Å². The molecule has 2 unspecified atom stereocenters. The number of nitrogens with zero attached hydrogens (tertiary/aromatic N) is 1. The maximum absolute atomic E-state index is 5.88. The lowest BCUT2D eigenvalue weighted by Gasteiger charge is -2.23. The Morgan fingerprint density at radius 1 is 1.29 bits per heavy atom. The van der Waals surface area contributed by atoms with Gasteiger partial charge in [-0.15, -0.1) is 0 Å². The zero-order valence-electron chi connectivity index (χ0n) is 13.3. The molecule has 2 atom stereocenters. The summed E-state index contributed by atoms with van der Waals surface area (Å²) in [6.07, 6.45) is 6.60. The molecule has 1 aliphatic heterocycles. The molecule has 1 saturated heterocycles. The highest BCUT2D eigenvalue weighted by Crippen LogP contribution is 2.41. The molecule has 1 aliphatic carbocycles. The van der Waals surface area contributed by atoms with Crippen LogP contribution in [0.3, 0.4) is 0 Å². The first-order chi connectivity index (χ1) is 10.2. The summed E-state index contributed by atoms with van der Waals surface area (Å²) in [5, 5.41) is 0. The fourth-order valence-corrected chi connectivity index (χ4v) is 4.17. The van der Waals surface area contributed by atoms with Crippen molar-refractivity contribution in [3.63, 3.8) is 0 Å². The van der Waals surface area contributed by atoms with Crippen LogP contribution in [-0.2, 0) is 0 Å². The predicted molar refractivity (Wildman–Crippen MR) is 86.7 cm³/mol. The maximum atomic E-state index is 5.88. The van der Waals surface area contributed by atoms with Crippen LogP contribution < -0.4 is 10.5 Å². The van der Waals surface area contributed by atoms with Crippen LogP contribution in [-0.4, -0.2) is 32.1 Å². The third-order valence-corrected chi connectivity index (χ3v) is 5.41. The van der Waals surface area contributed by atoms with Crippen molar-refractivity contribution in [1.82, 2.24) is 4.90 Å². The summed E-state index contributed by atoms with van der Waals surface area (Å²) in [5.74, 6) is 2.40. The van der Waals surface area contributed by atoms with Gasteiger partial charge >= 0.3 is 0 Å². The number of hydrogen-bond acceptors (Lipinski definition) is 3. The van der Waals surface area contributed by atoms with Crippen LogP contribution in [0.4, 0.5) is 0 Å². The van der Waals surface area contributed by atoms with Crippen LogP contribution >= 0.6 is 0 Å². The lowest BCUT2D eigenvalue weighted by atomic mass is 9.92. The summed E-state index contributed by atoms with van der Waals surface area (Å²) in [5.41, 5.74) is 8.75. The summed E-state index contributed by atoms with van der Waals surface area (Å²) in [4.78, 5) is 2.44. The Bertz CT molecular complexity index is 482. The minimum atomic E-state index is 0.454. The highest BCUT2D eigenvalue weighted by Gasteiger charge is 2.32. The van der Waals surface area contributed by atoms with E-state index in [-0.39, 0.29) is 0 Å². The summed E-state index contributed by atoms with van der Waals surface area (Å²) in [6.45, 7) is 1.88. The van der Waals surface area contributed by atoms with E-state index in [1.165, 1.54) is 36.8 Å². The van der Waals surface area contributed by atoms with Crippen molar-refractivity contribution >= 4 is 0 Å². The van der Waals surface area contributed by atoms with Crippen molar-refractivity contribution in [3.8, 4) is 5.75 Å². The molecule has 1 heterocycles. The van der Waals surface area contributed by atoms with Crippen molar-refractivity contribution in [2.45, 2.75) is 44.1 Å². The van der Waals surface area contributed by atoms with Crippen LogP contribution in [0.5, 0.6) is 5.75 Å². The van der Waals surface area contributed by atoms with Crippen LogP contribution in [0.2, 0.25) is 0 Å². The van der Waals surface area contributed by atoms with E-state index < -0.39 is 0 Å². The highest BCUT2D eigenvalue weighted by atomic mass is 16.5. The molecule has 116 valence electrons. The number of ether oxygens (including phenoxy) is 1. The quantitative estimate of drug-likeness (QED) is 0.924. The fourth-order valence-electron chi connectivity index (χ4n) is 4.17. The topological polar surface area (TPSA) is 38.5 Å². The Balaban J connectivity index is 1.90. The highest BCUT2D eigenvalue weighted by molar-refractivity contribution is 5.41. The Morgan fingerprint density at radius 3 is 2.67 bits per heavy atom. The number of rotatable bonds is 4. The Morgan fingerprint density at radius 2 is 2.05 bits per heavy atom. The summed E-state index contributed by atoms with van der Waals surface area (Å²) in [7, 11) is 3.99. The van der Waals surface area contributed by atoms with Crippen molar-refractivity contribution in [3.05, 3.63) is 29.3 Å². The Kier molecular flexibility index (Phi) is 4.51. The molecule has 3 nitrogen and oxygen atoms in total. The molecule has 0 radical (unpaired) electrons. The van der Waals surface area contributed by atoms with Gasteiger partial charge in [-0.2, -0.15) is 0 Å². The van der Waals surface area contributed by atoms with E-state index in [2.05, 4.69) is 30.1 Å². The first-order valence-corrected chi connectivity index (χ1v) is 8.31. The SMILES string of the molecule is COc1ccc(C2CCCC2)cc1C1CC(CN)CN1C. The van der Waals surface area contributed by atoms with Gasteiger partial charge in [-0.25, -0.2) is 0 Å². The molecule has 0 bridgehead atoms. The molecule has 1 saturated carbocycles. The standard InChI is InChI=1S/C18H28N2O/c1-20-12-13(11-19)9-17(20)16-10-15(7-8-18(16)21-2)14-5-3-4-6-14/h7-8,10,13-14,17H,3-6,9,11-12,19H2,1-2H3. The normalized spacial score (nSPS) is 27.4. The molecular weight excluding hydrogens is 260 g/mol. The second-order valence-corrected chi connectivity index (χ2v) is 6.78. The van der Waals surface area contributed by atoms with Gasteiger partial charge in [-0.1, -0.05) is 25.0 Å². The van der Waals surface area contributed by atoms with Gasteiger partial charge in [0.2, 0.25) is 0 Å².